The van der Waals surface area contributed by atoms with Crippen LogP contribution in [-0.2, 0) is 18.9 Å². The number of aliphatic hydroxyl groups excluding tert-OH is 9. The van der Waals surface area contributed by atoms with Crippen molar-refractivity contribution in [2.24, 2.45) is 46.3 Å². The van der Waals surface area contributed by atoms with Crippen LogP contribution in [0.25, 0.3) is 0 Å². The summed E-state index contributed by atoms with van der Waals surface area (Å²) < 4.78 is 22.6. The minimum Gasteiger partial charge on any atom is -0.393 e. The lowest BCUT2D eigenvalue weighted by molar-refractivity contribution is -0.300. The molecule has 4 aliphatic carbocycles. The van der Waals surface area contributed by atoms with Crippen molar-refractivity contribution >= 4 is 0 Å². The van der Waals surface area contributed by atoms with Crippen LogP contribution in [0.4, 0.5) is 0 Å². The van der Waals surface area contributed by atoms with Crippen LogP contribution in [0.2, 0.25) is 0 Å². The SMILES string of the molecule is C[C@@H](C/C=C/[C@@H](C)[C@H]1[C@@H](O)[C@@H](O)C2[C@]3(O)C[C@H](O)C4C[C@@H](O[C@@H]5OC[C@@H](O)[C@H](O)[C@H]5O)CC[C@]4(C)C3CC[C@@]21C)CO[C@@H]1OC[C@@H](O)[C@H](O)[C@H]1O. The van der Waals surface area contributed by atoms with Crippen molar-refractivity contribution in [3.05, 3.63) is 12.2 Å². The lowest BCUT2D eigenvalue weighted by Gasteiger charge is -2.66. The van der Waals surface area contributed by atoms with E-state index < -0.39 is 89.9 Å². The maximum Gasteiger partial charge on any atom is 0.186 e. The Bertz CT molecular complexity index is 1220. The average Bonchev–Trinajstić information content (AvgIpc) is 3.28. The molecule has 6 aliphatic rings. The van der Waals surface area contributed by atoms with Gasteiger partial charge in [0.2, 0.25) is 0 Å². The first kappa shape index (κ1) is 39.9. The van der Waals surface area contributed by atoms with Gasteiger partial charge in [0.25, 0.3) is 0 Å². The van der Waals surface area contributed by atoms with E-state index in [0.717, 1.165) is 0 Å². The number of hydrogen-bond donors (Lipinski definition) is 10. The Morgan fingerprint density at radius 1 is 0.745 bits per heavy atom. The molecular formula is C37H62O14. The summed E-state index contributed by atoms with van der Waals surface area (Å²) >= 11 is 0. The monoisotopic (exact) mass is 730 g/mol. The Morgan fingerprint density at radius 3 is 2.02 bits per heavy atom. The van der Waals surface area contributed by atoms with Crippen LogP contribution in [-0.4, -0.2) is 150 Å². The number of fused-ring (bicyclic) bond motifs is 5. The zero-order chi connectivity index (χ0) is 37.2. The van der Waals surface area contributed by atoms with Crippen LogP contribution in [0.3, 0.4) is 0 Å². The molecule has 294 valence electrons. The highest BCUT2D eigenvalue weighted by Gasteiger charge is 2.72. The average molecular weight is 731 g/mol. The summed E-state index contributed by atoms with van der Waals surface area (Å²) in [6.07, 6.45) is -5.69. The highest BCUT2D eigenvalue weighted by Crippen LogP contribution is 2.69. The molecule has 14 heteroatoms. The third kappa shape index (κ3) is 6.99. The van der Waals surface area contributed by atoms with Crippen molar-refractivity contribution in [1.29, 1.82) is 0 Å². The highest BCUT2D eigenvalue weighted by molar-refractivity contribution is 5.22. The molecule has 4 saturated carbocycles. The van der Waals surface area contributed by atoms with Crippen LogP contribution >= 0.6 is 0 Å². The fourth-order valence-corrected chi connectivity index (χ4v) is 11.5. The number of hydrogen-bond acceptors (Lipinski definition) is 14. The lowest BCUT2D eigenvalue weighted by Crippen LogP contribution is -2.69. The molecule has 2 saturated heterocycles. The van der Waals surface area contributed by atoms with E-state index in [1.807, 2.05) is 26.0 Å². The fraction of sp³-hybridized carbons (Fsp3) is 0.946. The smallest absolute Gasteiger partial charge is 0.186 e. The quantitative estimate of drug-likeness (QED) is 0.103. The Balaban J connectivity index is 1.10. The first-order valence-electron chi connectivity index (χ1n) is 19.0. The van der Waals surface area contributed by atoms with Crippen molar-refractivity contribution < 1.29 is 70.0 Å². The van der Waals surface area contributed by atoms with Crippen molar-refractivity contribution in [3.63, 3.8) is 0 Å². The van der Waals surface area contributed by atoms with E-state index >= 15 is 0 Å². The third-order valence-corrected chi connectivity index (χ3v) is 14.1. The Morgan fingerprint density at radius 2 is 1.35 bits per heavy atom. The molecule has 3 unspecified atom stereocenters. The van der Waals surface area contributed by atoms with Crippen LogP contribution in [0, 0.1) is 46.3 Å². The molecule has 0 aromatic heterocycles. The zero-order valence-electron chi connectivity index (χ0n) is 30.2. The van der Waals surface area contributed by atoms with Crippen molar-refractivity contribution in [3.8, 4) is 0 Å². The van der Waals surface area contributed by atoms with Gasteiger partial charge in [0.05, 0.1) is 49.8 Å². The summed E-state index contributed by atoms with van der Waals surface area (Å²) in [5, 5.41) is 108. The molecule has 6 fully saturated rings. The predicted octanol–water partition coefficient (Wildman–Crippen LogP) is -0.829. The van der Waals surface area contributed by atoms with Crippen LogP contribution < -0.4 is 0 Å². The third-order valence-electron chi connectivity index (χ3n) is 14.1. The lowest BCUT2D eigenvalue weighted by atomic mass is 9.42. The van der Waals surface area contributed by atoms with E-state index in [1.165, 1.54) is 0 Å². The van der Waals surface area contributed by atoms with Crippen LogP contribution in [0.15, 0.2) is 12.2 Å². The first-order valence-corrected chi connectivity index (χ1v) is 19.0. The molecule has 0 aromatic carbocycles. The van der Waals surface area contributed by atoms with Gasteiger partial charge >= 0.3 is 0 Å². The largest absolute Gasteiger partial charge is 0.393 e. The second-order valence-corrected chi connectivity index (χ2v) is 17.5. The molecule has 0 amide bonds. The zero-order valence-corrected chi connectivity index (χ0v) is 30.2. The molecule has 0 radical (unpaired) electrons. The number of ether oxygens (including phenoxy) is 4. The second kappa shape index (κ2) is 15.0. The number of rotatable bonds is 9. The maximum atomic E-state index is 12.7. The van der Waals surface area contributed by atoms with Gasteiger partial charge in [-0.25, -0.2) is 0 Å². The van der Waals surface area contributed by atoms with E-state index in [9.17, 15) is 51.1 Å². The minimum atomic E-state index is -1.41. The summed E-state index contributed by atoms with van der Waals surface area (Å²) in [5.74, 6) is -1.55. The van der Waals surface area contributed by atoms with Gasteiger partial charge < -0.3 is 70.0 Å². The summed E-state index contributed by atoms with van der Waals surface area (Å²) in [4.78, 5) is 0. The van der Waals surface area contributed by atoms with Crippen molar-refractivity contribution in [2.45, 2.75) is 152 Å². The first-order chi connectivity index (χ1) is 23.9. The number of aliphatic hydroxyl groups is 10. The van der Waals surface area contributed by atoms with Gasteiger partial charge in [-0.15, -0.1) is 0 Å². The Kier molecular flexibility index (Phi) is 11.7. The van der Waals surface area contributed by atoms with Gasteiger partial charge in [-0.2, -0.15) is 0 Å². The summed E-state index contributed by atoms with van der Waals surface area (Å²) in [6, 6.07) is 0. The van der Waals surface area contributed by atoms with Crippen molar-refractivity contribution in [1.82, 2.24) is 0 Å². The Hall–Kier alpha value is -0.820. The van der Waals surface area contributed by atoms with Crippen LogP contribution in [0.1, 0.15) is 72.6 Å². The normalized spacial score (nSPS) is 54.4. The molecule has 10 N–H and O–H groups in total. The fourth-order valence-electron chi connectivity index (χ4n) is 11.5. The van der Waals surface area contributed by atoms with E-state index in [-0.39, 0.29) is 61.9 Å². The highest BCUT2D eigenvalue weighted by atomic mass is 16.7. The molecule has 0 spiro atoms. The van der Waals surface area contributed by atoms with Crippen molar-refractivity contribution in [2.75, 3.05) is 19.8 Å². The van der Waals surface area contributed by atoms with E-state index in [0.29, 0.717) is 38.5 Å². The van der Waals surface area contributed by atoms with Gasteiger partial charge in [-0.3, -0.25) is 0 Å². The molecular weight excluding hydrogens is 668 g/mol. The van der Waals surface area contributed by atoms with E-state index in [2.05, 4.69) is 13.8 Å². The van der Waals surface area contributed by atoms with Gasteiger partial charge in [0, 0.05) is 12.3 Å². The molecule has 0 aromatic rings. The maximum absolute atomic E-state index is 12.7. The standard InChI is InChI=1S/C37H62O14/c1-17(14-48-33-30(45)26(41)22(39)15-49-33)6-5-7-18(2)25-28(43)29(44)32-36(25,4)11-9-24-35(3)10-8-19(12-20(35)21(38)13-37(24,32)47)51-34-31(46)27(42)23(40)16-50-34/h5,7,17-34,38-47H,6,8-16H2,1-4H3/b7-5+/t17-,18+,19-,20?,21-,22+,23+,24?,25-,26-,27-,28+,29+,30+,31+,32?,33+,34-,35-,36+,37-/m0/s1. The topological polar surface area (TPSA) is 239 Å². The van der Waals surface area contributed by atoms with Crippen LogP contribution in [0.5, 0.6) is 0 Å². The molecule has 2 aliphatic heterocycles. The van der Waals surface area contributed by atoms with Gasteiger partial charge in [-0.1, -0.05) is 39.8 Å². The molecule has 0 bridgehead atoms. The van der Waals surface area contributed by atoms with Gasteiger partial charge in [-0.05, 0) is 78.9 Å². The molecule has 2 heterocycles. The molecule has 14 nitrogen and oxygen atoms in total. The second-order valence-electron chi connectivity index (χ2n) is 17.5. The predicted molar refractivity (Wildman–Crippen MR) is 179 cm³/mol. The molecule has 51 heavy (non-hydrogen) atoms. The summed E-state index contributed by atoms with van der Waals surface area (Å²) in [5.41, 5.74) is -2.49. The van der Waals surface area contributed by atoms with E-state index in [4.69, 9.17) is 18.9 Å². The van der Waals surface area contributed by atoms with Gasteiger partial charge in [0.15, 0.2) is 12.6 Å². The molecule has 21 atom stereocenters. The molecule has 6 rings (SSSR count). The minimum absolute atomic E-state index is 0.0319. The van der Waals surface area contributed by atoms with E-state index in [1.54, 1.807) is 0 Å². The summed E-state index contributed by atoms with van der Waals surface area (Å²) in [6.45, 7) is 8.12. The Labute approximate surface area is 300 Å². The number of allylic oxidation sites excluding steroid dienone is 2. The summed E-state index contributed by atoms with van der Waals surface area (Å²) in [7, 11) is 0. The van der Waals surface area contributed by atoms with Gasteiger partial charge in [0.1, 0.15) is 36.6 Å².